The van der Waals surface area contributed by atoms with Crippen molar-refractivity contribution >= 4 is 17.6 Å². The number of carbonyl (C=O) groups is 2. The number of hydrogen-bond donors (Lipinski definition) is 2. The van der Waals surface area contributed by atoms with Gasteiger partial charge in [-0.05, 0) is 32.3 Å². The van der Waals surface area contributed by atoms with Crippen molar-refractivity contribution < 1.29 is 24.4 Å². The fourth-order valence-corrected chi connectivity index (χ4v) is 2.44. The van der Waals surface area contributed by atoms with Gasteiger partial charge in [0.2, 0.25) is 0 Å². The van der Waals surface area contributed by atoms with Crippen LogP contribution in [0.15, 0.2) is 18.2 Å². The average Bonchev–Trinajstić information content (AvgIpc) is 2.50. The van der Waals surface area contributed by atoms with Crippen molar-refractivity contribution in [2.75, 3.05) is 6.61 Å². The van der Waals surface area contributed by atoms with E-state index in [1.165, 1.54) is 18.2 Å². The Balaban J connectivity index is 2.98. The standard InChI is InChI=1S/C19H28N2O6/c1-18(2,3)13-8-7-12(11-15(13)21(25)26)16(22)20-14(17(23)24)9-10-27-19(4,5)6/h7-8,11,14H,9-10H2,1-6H3,(H,20,22)(H,23,24). The van der Waals surface area contributed by atoms with Crippen molar-refractivity contribution in [1.29, 1.82) is 0 Å². The Labute approximate surface area is 159 Å². The molecule has 2 N–H and O–H groups in total. The third-order valence-electron chi connectivity index (χ3n) is 3.81. The molecule has 8 heteroatoms. The Morgan fingerprint density at radius 3 is 2.26 bits per heavy atom. The Bertz CT molecular complexity index is 716. The van der Waals surface area contributed by atoms with Crippen LogP contribution >= 0.6 is 0 Å². The van der Waals surface area contributed by atoms with E-state index in [0.29, 0.717) is 5.56 Å². The van der Waals surface area contributed by atoms with E-state index in [-0.39, 0.29) is 24.3 Å². The number of ether oxygens (including phenoxy) is 1. The summed E-state index contributed by atoms with van der Waals surface area (Å²) in [6.45, 7) is 11.2. The molecule has 0 spiro atoms. The molecule has 8 nitrogen and oxygen atoms in total. The Hall–Kier alpha value is -2.48. The molecule has 1 aromatic rings. The minimum Gasteiger partial charge on any atom is -0.480 e. The second kappa shape index (κ2) is 8.47. The lowest BCUT2D eigenvalue weighted by Crippen LogP contribution is -2.42. The van der Waals surface area contributed by atoms with Crippen LogP contribution in [0.5, 0.6) is 0 Å². The van der Waals surface area contributed by atoms with E-state index in [1.54, 1.807) is 0 Å². The summed E-state index contributed by atoms with van der Waals surface area (Å²) in [5.41, 5.74) is -0.518. The van der Waals surface area contributed by atoms with Crippen LogP contribution in [-0.4, -0.2) is 40.2 Å². The summed E-state index contributed by atoms with van der Waals surface area (Å²) in [5.74, 6) is -1.87. The van der Waals surface area contributed by atoms with Crippen LogP contribution < -0.4 is 5.32 Å². The zero-order valence-corrected chi connectivity index (χ0v) is 16.7. The lowest BCUT2D eigenvalue weighted by molar-refractivity contribution is -0.386. The molecule has 0 aromatic heterocycles. The van der Waals surface area contributed by atoms with Crippen molar-refractivity contribution in [3.8, 4) is 0 Å². The molecule has 0 heterocycles. The molecule has 0 saturated heterocycles. The summed E-state index contributed by atoms with van der Waals surface area (Å²) in [7, 11) is 0. The lowest BCUT2D eigenvalue weighted by Gasteiger charge is -2.22. The highest BCUT2D eigenvalue weighted by molar-refractivity contribution is 5.97. The van der Waals surface area contributed by atoms with Crippen LogP contribution in [0.1, 0.15) is 63.9 Å². The van der Waals surface area contributed by atoms with Gasteiger partial charge >= 0.3 is 5.97 Å². The molecule has 1 unspecified atom stereocenters. The maximum Gasteiger partial charge on any atom is 0.326 e. The molecule has 0 saturated carbocycles. The number of hydrogen-bond acceptors (Lipinski definition) is 5. The second-order valence-electron chi connectivity index (χ2n) is 8.35. The molecule has 0 radical (unpaired) electrons. The maximum atomic E-state index is 12.4. The first-order valence-electron chi connectivity index (χ1n) is 8.69. The Morgan fingerprint density at radius 1 is 1.22 bits per heavy atom. The zero-order chi connectivity index (χ0) is 21.0. The van der Waals surface area contributed by atoms with Crippen molar-refractivity contribution in [1.82, 2.24) is 5.32 Å². The van der Waals surface area contributed by atoms with Crippen LogP contribution in [0.2, 0.25) is 0 Å². The van der Waals surface area contributed by atoms with Crippen LogP contribution in [0, 0.1) is 10.1 Å². The normalized spacial score (nSPS) is 13.1. The van der Waals surface area contributed by atoms with Crippen molar-refractivity contribution in [2.45, 2.75) is 65.0 Å². The van der Waals surface area contributed by atoms with Gasteiger partial charge in [-0.15, -0.1) is 0 Å². The summed E-state index contributed by atoms with van der Waals surface area (Å²) in [6, 6.07) is 3.03. The van der Waals surface area contributed by atoms with Gasteiger partial charge in [0.1, 0.15) is 6.04 Å². The quantitative estimate of drug-likeness (QED) is 0.553. The molecule has 1 aromatic carbocycles. The van der Waals surface area contributed by atoms with Gasteiger partial charge in [0.15, 0.2) is 0 Å². The topological polar surface area (TPSA) is 119 Å². The van der Waals surface area contributed by atoms with E-state index >= 15 is 0 Å². The van der Waals surface area contributed by atoms with Gasteiger partial charge in [-0.2, -0.15) is 0 Å². The fraction of sp³-hybridized carbons (Fsp3) is 0.579. The number of carbonyl (C=O) groups excluding carboxylic acids is 1. The van der Waals surface area contributed by atoms with Crippen molar-refractivity contribution in [3.63, 3.8) is 0 Å². The number of rotatable bonds is 7. The van der Waals surface area contributed by atoms with Gasteiger partial charge in [-0.1, -0.05) is 26.8 Å². The first kappa shape index (κ1) is 22.6. The molecule has 1 amide bonds. The van der Waals surface area contributed by atoms with E-state index in [4.69, 9.17) is 4.74 Å². The van der Waals surface area contributed by atoms with E-state index in [2.05, 4.69) is 5.32 Å². The van der Waals surface area contributed by atoms with Gasteiger partial charge in [-0.25, -0.2) is 4.79 Å². The molecule has 0 aliphatic carbocycles. The smallest absolute Gasteiger partial charge is 0.326 e. The number of carboxylic acids is 1. The number of amides is 1. The molecule has 150 valence electrons. The molecule has 0 fully saturated rings. The lowest BCUT2D eigenvalue weighted by atomic mass is 9.85. The second-order valence-corrected chi connectivity index (χ2v) is 8.35. The highest BCUT2D eigenvalue weighted by atomic mass is 16.6. The molecule has 1 atom stereocenters. The summed E-state index contributed by atoms with van der Waals surface area (Å²) < 4.78 is 5.50. The number of nitrogens with zero attached hydrogens (tertiary/aromatic N) is 1. The predicted octanol–water partition coefficient (Wildman–Crippen LogP) is 3.28. The van der Waals surface area contributed by atoms with Gasteiger partial charge in [-0.3, -0.25) is 14.9 Å². The molecule has 27 heavy (non-hydrogen) atoms. The highest BCUT2D eigenvalue weighted by Crippen LogP contribution is 2.31. The van der Waals surface area contributed by atoms with Gasteiger partial charge < -0.3 is 15.2 Å². The minimum atomic E-state index is -1.19. The number of nitro groups is 1. The first-order valence-corrected chi connectivity index (χ1v) is 8.69. The van der Waals surface area contributed by atoms with E-state index in [0.717, 1.165) is 0 Å². The van der Waals surface area contributed by atoms with Crippen LogP contribution in [0.4, 0.5) is 5.69 Å². The van der Waals surface area contributed by atoms with Crippen LogP contribution in [0.25, 0.3) is 0 Å². The Morgan fingerprint density at radius 2 is 1.81 bits per heavy atom. The molecular formula is C19H28N2O6. The molecular weight excluding hydrogens is 352 g/mol. The SMILES string of the molecule is CC(C)(C)OCCC(NC(=O)c1ccc(C(C)(C)C)c([N+](=O)[O-])c1)C(=O)O. The van der Waals surface area contributed by atoms with Crippen molar-refractivity contribution in [3.05, 3.63) is 39.4 Å². The molecule has 1 rings (SSSR count). The first-order chi connectivity index (χ1) is 12.2. The molecule has 0 aliphatic rings. The predicted molar refractivity (Wildman–Crippen MR) is 101 cm³/mol. The Kier molecular flexibility index (Phi) is 7.08. The number of aliphatic carboxylic acids is 1. The third kappa shape index (κ3) is 6.97. The fourth-order valence-electron chi connectivity index (χ4n) is 2.44. The number of benzene rings is 1. The van der Waals surface area contributed by atoms with Gasteiger partial charge in [0, 0.05) is 30.2 Å². The number of nitro benzene ring substituents is 1. The van der Waals surface area contributed by atoms with Crippen LogP contribution in [0.3, 0.4) is 0 Å². The van der Waals surface area contributed by atoms with Crippen LogP contribution in [-0.2, 0) is 14.9 Å². The highest BCUT2D eigenvalue weighted by Gasteiger charge is 2.27. The van der Waals surface area contributed by atoms with E-state index in [1.807, 2.05) is 41.5 Å². The summed E-state index contributed by atoms with van der Waals surface area (Å²) in [5, 5.41) is 23.1. The summed E-state index contributed by atoms with van der Waals surface area (Å²) in [6.07, 6.45) is 0.0838. The number of carboxylic acid groups (broad SMARTS) is 1. The monoisotopic (exact) mass is 380 g/mol. The summed E-state index contributed by atoms with van der Waals surface area (Å²) >= 11 is 0. The minimum absolute atomic E-state index is 0.0395. The largest absolute Gasteiger partial charge is 0.480 e. The van der Waals surface area contributed by atoms with E-state index < -0.39 is 33.9 Å². The van der Waals surface area contributed by atoms with E-state index in [9.17, 15) is 24.8 Å². The summed E-state index contributed by atoms with van der Waals surface area (Å²) in [4.78, 5) is 34.7. The van der Waals surface area contributed by atoms with Gasteiger partial charge in [0.25, 0.3) is 11.6 Å². The molecule has 0 bridgehead atoms. The average molecular weight is 380 g/mol. The van der Waals surface area contributed by atoms with Gasteiger partial charge in [0.05, 0.1) is 10.5 Å². The molecule has 0 aliphatic heterocycles. The number of nitrogens with one attached hydrogen (secondary N) is 1. The maximum absolute atomic E-state index is 12.4. The third-order valence-corrected chi connectivity index (χ3v) is 3.81. The zero-order valence-electron chi connectivity index (χ0n) is 16.7. The van der Waals surface area contributed by atoms with Crippen molar-refractivity contribution in [2.24, 2.45) is 0 Å².